The van der Waals surface area contributed by atoms with Crippen molar-refractivity contribution in [3.63, 3.8) is 0 Å². The van der Waals surface area contributed by atoms with Gasteiger partial charge in [0.05, 0.1) is 13.2 Å². The summed E-state index contributed by atoms with van der Waals surface area (Å²) in [5.41, 5.74) is 1.10. The maximum atomic E-state index is 9.88. The Bertz CT molecular complexity index is 832. The van der Waals surface area contributed by atoms with Gasteiger partial charge in [-0.3, -0.25) is 4.90 Å². The molecule has 0 saturated carbocycles. The third kappa shape index (κ3) is 5.18. The lowest BCUT2D eigenvalue weighted by molar-refractivity contribution is 0.0826. The van der Waals surface area contributed by atoms with Crippen LogP contribution in [0.2, 0.25) is 0 Å². The molecule has 4 nitrogen and oxygen atoms in total. The SMILES string of the molecule is COc1ccc(Sc2ccc(C(C#N)N3CCC(N4CCCCC4)CC3)cc2)cc1. The van der Waals surface area contributed by atoms with Crippen molar-refractivity contribution in [3.05, 3.63) is 54.1 Å². The summed E-state index contributed by atoms with van der Waals surface area (Å²) in [6.07, 6.45) is 6.45. The normalized spacial score (nSPS) is 19.9. The number of benzene rings is 2. The highest BCUT2D eigenvalue weighted by Crippen LogP contribution is 2.32. The van der Waals surface area contributed by atoms with E-state index in [1.54, 1.807) is 18.9 Å². The molecule has 0 spiro atoms. The largest absolute Gasteiger partial charge is 0.497 e. The van der Waals surface area contributed by atoms with Crippen molar-refractivity contribution in [1.29, 1.82) is 5.26 Å². The number of ether oxygens (including phenoxy) is 1. The quantitative estimate of drug-likeness (QED) is 0.628. The smallest absolute Gasteiger partial charge is 0.123 e. The minimum atomic E-state index is -0.146. The van der Waals surface area contributed by atoms with Gasteiger partial charge in [-0.2, -0.15) is 5.26 Å². The van der Waals surface area contributed by atoms with Gasteiger partial charge in [0.1, 0.15) is 11.8 Å². The predicted octanol–water partition coefficient (Wildman–Crippen LogP) is 5.36. The van der Waals surface area contributed by atoms with Crippen molar-refractivity contribution < 1.29 is 4.74 Å². The van der Waals surface area contributed by atoms with Gasteiger partial charge < -0.3 is 9.64 Å². The molecule has 2 aromatic carbocycles. The molecule has 0 amide bonds. The Morgan fingerprint density at radius 1 is 0.900 bits per heavy atom. The van der Waals surface area contributed by atoms with Gasteiger partial charge in [-0.05, 0) is 80.7 Å². The first-order chi connectivity index (χ1) is 14.8. The van der Waals surface area contributed by atoms with Gasteiger partial charge in [-0.15, -0.1) is 0 Å². The first kappa shape index (κ1) is 21.2. The van der Waals surface area contributed by atoms with Gasteiger partial charge in [0, 0.05) is 28.9 Å². The standard InChI is InChI=1S/C25H31N3OS/c1-29-22-7-11-24(12-8-22)30-23-9-5-20(6-10-23)25(19-26)28-17-13-21(14-18-28)27-15-3-2-4-16-27/h5-12,21,25H,2-4,13-18H2,1H3. The highest BCUT2D eigenvalue weighted by Gasteiger charge is 2.29. The van der Waals surface area contributed by atoms with Gasteiger partial charge in [0.15, 0.2) is 0 Å². The minimum Gasteiger partial charge on any atom is -0.497 e. The van der Waals surface area contributed by atoms with Crippen LogP contribution in [-0.2, 0) is 0 Å². The van der Waals surface area contributed by atoms with E-state index in [4.69, 9.17) is 4.74 Å². The van der Waals surface area contributed by atoms with Crippen LogP contribution in [0, 0.1) is 11.3 Å². The molecule has 2 saturated heterocycles. The molecular formula is C25H31N3OS. The van der Waals surface area contributed by atoms with Gasteiger partial charge in [0.2, 0.25) is 0 Å². The number of piperidine rings is 2. The second kappa shape index (κ2) is 10.3. The predicted molar refractivity (Wildman–Crippen MR) is 122 cm³/mol. The van der Waals surface area contributed by atoms with Crippen molar-refractivity contribution in [1.82, 2.24) is 9.80 Å². The van der Waals surface area contributed by atoms with E-state index < -0.39 is 0 Å². The van der Waals surface area contributed by atoms with Crippen LogP contribution >= 0.6 is 11.8 Å². The molecule has 2 aliphatic heterocycles. The number of hydrogen-bond acceptors (Lipinski definition) is 5. The molecule has 0 radical (unpaired) electrons. The molecule has 2 aliphatic rings. The van der Waals surface area contributed by atoms with E-state index in [1.165, 1.54) is 55.0 Å². The Kier molecular flexibility index (Phi) is 7.33. The Morgan fingerprint density at radius 2 is 1.50 bits per heavy atom. The molecule has 1 unspecified atom stereocenters. The summed E-state index contributed by atoms with van der Waals surface area (Å²) < 4.78 is 5.23. The van der Waals surface area contributed by atoms with Gasteiger partial charge in [0.25, 0.3) is 0 Å². The maximum Gasteiger partial charge on any atom is 0.123 e. The number of likely N-dealkylation sites (tertiary alicyclic amines) is 2. The fraction of sp³-hybridized carbons (Fsp3) is 0.480. The van der Waals surface area contributed by atoms with Crippen LogP contribution in [0.3, 0.4) is 0 Å². The second-order valence-corrected chi connectivity index (χ2v) is 9.39. The van der Waals surface area contributed by atoms with Crippen LogP contribution in [0.4, 0.5) is 0 Å². The molecule has 2 heterocycles. The van der Waals surface area contributed by atoms with E-state index in [-0.39, 0.29) is 6.04 Å². The number of nitriles is 1. The fourth-order valence-electron chi connectivity index (χ4n) is 4.66. The third-order valence-corrected chi connectivity index (χ3v) is 7.40. The molecular weight excluding hydrogens is 390 g/mol. The number of hydrogen-bond donors (Lipinski definition) is 0. The van der Waals surface area contributed by atoms with Gasteiger partial charge in [-0.25, -0.2) is 0 Å². The van der Waals surface area contributed by atoms with Crippen LogP contribution in [0.15, 0.2) is 58.3 Å². The number of rotatable bonds is 6. The summed E-state index contributed by atoms with van der Waals surface area (Å²) in [6, 6.07) is 19.7. The lowest BCUT2D eigenvalue weighted by atomic mass is 9.97. The van der Waals surface area contributed by atoms with Crippen molar-refractivity contribution in [2.75, 3.05) is 33.3 Å². The zero-order valence-electron chi connectivity index (χ0n) is 17.8. The Balaban J connectivity index is 1.34. The second-order valence-electron chi connectivity index (χ2n) is 8.24. The van der Waals surface area contributed by atoms with E-state index >= 15 is 0 Å². The monoisotopic (exact) mass is 421 g/mol. The summed E-state index contributed by atoms with van der Waals surface area (Å²) in [6.45, 7) is 4.56. The molecule has 0 aromatic heterocycles. The van der Waals surface area contributed by atoms with Crippen LogP contribution in [0.25, 0.3) is 0 Å². The Hall–Kier alpha value is -2.00. The van der Waals surface area contributed by atoms with Crippen molar-refractivity contribution in [2.24, 2.45) is 0 Å². The van der Waals surface area contributed by atoms with Crippen molar-refractivity contribution >= 4 is 11.8 Å². The average Bonchev–Trinajstić information content (AvgIpc) is 2.82. The molecule has 2 fully saturated rings. The topological polar surface area (TPSA) is 39.5 Å². The van der Waals surface area contributed by atoms with E-state index in [9.17, 15) is 5.26 Å². The highest BCUT2D eigenvalue weighted by atomic mass is 32.2. The summed E-state index contributed by atoms with van der Waals surface area (Å²) in [5.74, 6) is 0.871. The number of methoxy groups -OCH3 is 1. The zero-order valence-corrected chi connectivity index (χ0v) is 18.6. The van der Waals surface area contributed by atoms with Crippen molar-refractivity contribution in [3.8, 4) is 11.8 Å². The lowest BCUT2D eigenvalue weighted by Crippen LogP contribution is -2.47. The van der Waals surface area contributed by atoms with Gasteiger partial charge in [-0.1, -0.05) is 30.3 Å². The van der Waals surface area contributed by atoms with Crippen molar-refractivity contribution in [2.45, 2.75) is 54.0 Å². The summed E-state index contributed by atoms with van der Waals surface area (Å²) in [7, 11) is 1.68. The first-order valence-corrected chi connectivity index (χ1v) is 11.9. The zero-order chi connectivity index (χ0) is 20.8. The maximum absolute atomic E-state index is 9.88. The molecule has 0 bridgehead atoms. The lowest BCUT2D eigenvalue weighted by Gasteiger charge is -2.41. The first-order valence-electron chi connectivity index (χ1n) is 11.1. The molecule has 5 heteroatoms. The molecule has 0 N–H and O–H groups in total. The van der Waals surface area contributed by atoms with Gasteiger partial charge >= 0.3 is 0 Å². The van der Waals surface area contributed by atoms with Crippen LogP contribution in [0.1, 0.15) is 43.7 Å². The molecule has 158 valence electrons. The fourth-order valence-corrected chi connectivity index (χ4v) is 5.47. The minimum absolute atomic E-state index is 0.146. The van der Waals surface area contributed by atoms with E-state index in [1.807, 2.05) is 12.1 Å². The average molecular weight is 422 g/mol. The summed E-state index contributed by atoms with van der Waals surface area (Å²) in [4.78, 5) is 7.42. The van der Waals surface area contributed by atoms with Crippen LogP contribution < -0.4 is 4.74 Å². The molecule has 30 heavy (non-hydrogen) atoms. The van der Waals surface area contributed by atoms with E-state index in [0.29, 0.717) is 6.04 Å². The summed E-state index contributed by atoms with van der Waals surface area (Å²) >= 11 is 1.73. The van der Waals surface area contributed by atoms with E-state index in [2.05, 4.69) is 52.3 Å². The Morgan fingerprint density at radius 3 is 2.07 bits per heavy atom. The number of nitrogens with zero attached hydrogens (tertiary/aromatic N) is 3. The molecule has 0 aliphatic carbocycles. The van der Waals surface area contributed by atoms with E-state index in [0.717, 1.165) is 24.4 Å². The van der Waals surface area contributed by atoms with Crippen LogP contribution in [-0.4, -0.2) is 49.1 Å². The highest BCUT2D eigenvalue weighted by molar-refractivity contribution is 7.99. The third-order valence-electron chi connectivity index (χ3n) is 6.38. The summed E-state index contributed by atoms with van der Waals surface area (Å²) in [5, 5.41) is 9.88. The van der Waals surface area contributed by atoms with Crippen LogP contribution in [0.5, 0.6) is 5.75 Å². The molecule has 2 aromatic rings. The molecule has 4 rings (SSSR count). The molecule has 1 atom stereocenters. The Labute approximate surface area is 184 Å².